The fourth-order valence-corrected chi connectivity index (χ4v) is 2.04. The number of para-hydroxylation sites is 2. The molecule has 1 N–H and O–H groups in total. The zero-order valence-corrected chi connectivity index (χ0v) is 11.4. The van der Waals surface area contributed by atoms with Gasteiger partial charge in [-0.15, -0.1) is 0 Å². The van der Waals surface area contributed by atoms with E-state index in [2.05, 4.69) is 15.4 Å². The van der Waals surface area contributed by atoms with Crippen molar-refractivity contribution in [1.29, 1.82) is 0 Å². The van der Waals surface area contributed by atoms with Crippen LogP contribution >= 0.6 is 0 Å². The minimum Gasteiger partial charge on any atom is -0.486 e. The van der Waals surface area contributed by atoms with E-state index < -0.39 is 0 Å². The lowest BCUT2D eigenvalue weighted by atomic mass is 10.2. The minimum atomic E-state index is -0.171. The zero-order chi connectivity index (χ0) is 14.5. The van der Waals surface area contributed by atoms with Crippen molar-refractivity contribution in [1.82, 2.24) is 20.1 Å². The average Bonchev–Trinajstić information content (AvgIpc) is 3.04. The topological polar surface area (TPSA) is 78.3 Å². The van der Waals surface area contributed by atoms with Gasteiger partial charge in [-0.1, -0.05) is 12.1 Å². The molecule has 1 aromatic heterocycles. The number of hydrogen-bond donors (Lipinski definition) is 1. The van der Waals surface area contributed by atoms with Gasteiger partial charge >= 0.3 is 0 Å². The van der Waals surface area contributed by atoms with Gasteiger partial charge in [0.05, 0.1) is 13.1 Å². The molecular weight excluding hydrogens is 272 g/mol. The maximum Gasteiger partial charge on any atom is 0.221 e. The van der Waals surface area contributed by atoms with Crippen LogP contribution in [0.4, 0.5) is 0 Å². The Morgan fingerprint density at radius 2 is 2.24 bits per heavy atom. The van der Waals surface area contributed by atoms with Crippen molar-refractivity contribution in [3.8, 4) is 11.5 Å². The van der Waals surface area contributed by atoms with E-state index in [4.69, 9.17) is 9.47 Å². The molecule has 0 aliphatic carbocycles. The number of hydrogen-bond acceptors (Lipinski definition) is 5. The highest BCUT2D eigenvalue weighted by Gasteiger charge is 2.20. The molecule has 0 fully saturated rings. The number of nitrogens with zero attached hydrogens (tertiary/aromatic N) is 3. The standard InChI is InChI=1S/C14H16N4O3/c19-14(5-6-18-10-15-9-17-18)16-7-11-8-20-12-3-1-2-4-13(12)21-11/h1-4,9-11H,5-8H2,(H,16,19). The van der Waals surface area contributed by atoms with Gasteiger partial charge in [-0.3, -0.25) is 9.48 Å². The van der Waals surface area contributed by atoms with E-state index in [9.17, 15) is 4.79 Å². The second kappa shape index (κ2) is 6.25. The lowest BCUT2D eigenvalue weighted by molar-refractivity contribution is -0.121. The number of carbonyl (C=O) groups excluding carboxylic acids is 1. The Kier molecular flexibility index (Phi) is 3.99. The fraction of sp³-hybridized carbons (Fsp3) is 0.357. The largest absolute Gasteiger partial charge is 0.486 e. The van der Waals surface area contributed by atoms with Gasteiger partial charge in [-0.2, -0.15) is 5.10 Å². The van der Waals surface area contributed by atoms with Crippen molar-refractivity contribution in [3.63, 3.8) is 0 Å². The summed E-state index contributed by atoms with van der Waals surface area (Å²) in [7, 11) is 0. The number of aryl methyl sites for hydroxylation is 1. The summed E-state index contributed by atoms with van der Waals surface area (Å²) in [4.78, 5) is 15.6. The molecule has 0 bridgehead atoms. The first-order valence-electron chi connectivity index (χ1n) is 6.79. The Labute approximate surface area is 121 Å². The number of aromatic nitrogens is 3. The van der Waals surface area contributed by atoms with Crippen molar-refractivity contribution in [2.45, 2.75) is 19.1 Å². The summed E-state index contributed by atoms with van der Waals surface area (Å²) >= 11 is 0. The minimum absolute atomic E-state index is 0.0482. The van der Waals surface area contributed by atoms with Crippen LogP contribution in [0.5, 0.6) is 11.5 Å². The number of fused-ring (bicyclic) bond motifs is 1. The maximum absolute atomic E-state index is 11.8. The van der Waals surface area contributed by atoms with Crippen LogP contribution in [0.1, 0.15) is 6.42 Å². The molecular formula is C14H16N4O3. The second-order valence-electron chi connectivity index (χ2n) is 4.71. The van der Waals surface area contributed by atoms with Crippen LogP contribution in [0.15, 0.2) is 36.9 Å². The smallest absolute Gasteiger partial charge is 0.221 e. The van der Waals surface area contributed by atoms with Gasteiger partial charge in [0.25, 0.3) is 0 Å². The van der Waals surface area contributed by atoms with Crippen LogP contribution in [-0.2, 0) is 11.3 Å². The first-order valence-corrected chi connectivity index (χ1v) is 6.79. The quantitative estimate of drug-likeness (QED) is 0.873. The molecule has 7 nitrogen and oxygen atoms in total. The molecule has 1 aliphatic rings. The van der Waals surface area contributed by atoms with Gasteiger partial charge in [0, 0.05) is 6.42 Å². The highest BCUT2D eigenvalue weighted by atomic mass is 16.6. The van der Waals surface area contributed by atoms with Gasteiger partial charge in [0.15, 0.2) is 11.5 Å². The number of benzene rings is 1. The van der Waals surface area contributed by atoms with Gasteiger partial charge in [0.2, 0.25) is 5.91 Å². The molecule has 2 aromatic rings. The molecule has 0 saturated carbocycles. The summed E-state index contributed by atoms with van der Waals surface area (Å²) in [6.07, 6.45) is 3.22. The van der Waals surface area contributed by atoms with Crippen LogP contribution in [0.25, 0.3) is 0 Å². The maximum atomic E-state index is 11.8. The Bertz CT molecular complexity index is 600. The molecule has 0 radical (unpaired) electrons. The van der Waals surface area contributed by atoms with Crippen LogP contribution < -0.4 is 14.8 Å². The molecule has 1 unspecified atom stereocenters. The number of carbonyl (C=O) groups is 1. The monoisotopic (exact) mass is 288 g/mol. The molecule has 1 amide bonds. The van der Waals surface area contributed by atoms with E-state index in [0.29, 0.717) is 31.9 Å². The number of amides is 1. The van der Waals surface area contributed by atoms with Crippen molar-refractivity contribution in [3.05, 3.63) is 36.9 Å². The van der Waals surface area contributed by atoms with Crippen LogP contribution in [0.2, 0.25) is 0 Å². The predicted octanol–water partition coefficient (Wildman–Crippen LogP) is 0.624. The SMILES string of the molecule is O=C(CCn1cncn1)NCC1COc2ccccc2O1. The molecule has 1 aliphatic heterocycles. The molecule has 1 aromatic carbocycles. The Morgan fingerprint density at radius 3 is 3.05 bits per heavy atom. The lowest BCUT2D eigenvalue weighted by Crippen LogP contribution is -2.40. The summed E-state index contributed by atoms with van der Waals surface area (Å²) < 4.78 is 13.0. The van der Waals surface area contributed by atoms with Gasteiger partial charge in [-0.05, 0) is 12.1 Å². The van der Waals surface area contributed by atoms with E-state index in [1.54, 1.807) is 11.0 Å². The molecule has 2 heterocycles. The molecule has 0 spiro atoms. The number of nitrogens with one attached hydrogen (secondary N) is 1. The third kappa shape index (κ3) is 3.50. The Morgan fingerprint density at radius 1 is 1.38 bits per heavy atom. The van der Waals surface area contributed by atoms with Crippen molar-refractivity contribution < 1.29 is 14.3 Å². The van der Waals surface area contributed by atoms with Gasteiger partial charge in [0.1, 0.15) is 25.4 Å². The highest BCUT2D eigenvalue weighted by molar-refractivity contribution is 5.75. The highest BCUT2D eigenvalue weighted by Crippen LogP contribution is 2.30. The first kappa shape index (κ1) is 13.4. The van der Waals surface area contributed by atoms with E-state index in [0.717, 1.165) is 5.75 Å². The zero-order valence-electron chi connectivity index (χ0n) is 11.4. The van der Waals surface area contributed by atoms with E-state index in [1.165, 1.54) is 6.33 Å². The van der Waals surface area contributed by atoms with Crippen molar-refractivity contribution >= 4 is 5.91 Å². The van der Waals surface area contributed by atoms with Crippen LogP contribution in [-0.4, -0.2) is 39.9 Å². The number of ether oxygens (including phenoxy) is 2. The van der Waals surface area contributed by atoms with Gasteiger partial charge in [-0.25, -0.2) is 4.98 Å². The number of rotatable bonds is 5. The molecule has 0 saturated heterocycles. The van der Waals surface area contributed by atoms with E-state index in [-0.39, 0.29) is 12.0 Å². The normalized spacial score (nSPS) is 16.5. The van der Waals surface area contributed by atoms with Crippen molar-refractivity contribution in [2.24, 2.45) is 0 Å². The van der Waals surface area contributed by atoms with Gasteiger partial charge < -0.3 is 14.8 Å². The third-order valence-electron chi connectivity index (χ3n) is 3.13. The Balaban J connectivity index is 1.42. The summed E-state index contributed by atoms with van der Waals surface area (Å²) in [5, 5.41) is 6.78. The summed E-state index contributed by atoms with van der Waals surface area (Å²) in [6.45, 7) is 1.36. The molecule has 21 heavy (non-hydrogen) atoms. The summed E-state index contributed by atoms with van der Waals surface area (Å²) in [6, 6.07) is 7.51. The molecule has 110 valence electrons. The van der Waals surface area contributed by atoms with E-state index in [1.807, 2.05) is 24.3 Å². The molecule has 7 heteroatoms. The summed E-state index contributed by atoms with van der Waals surface area (Å²) in [5.74, 6) is 1.41. The van der Waals surface area contributed by atoms with Crippen LogP contribution in [0, 0.1) is 0 Å². The average molecular weight is 288 g/mol. The first-order chi connectivity index (χ1) is 10.3. The molecule has 1 atom stereocenters. The third-order valence-corrected chi connectivity index (χ3v) is 3.13. The van der Waals surface area contributed by atoms with E-state index >= 15 is 0 Å². The second-order valence-corrected chi connectivity index (χ2v) is 4.71. The lowest BCUT2D eigenvalue weighted by Gasteiger charge is -2.26. The summed E-state index contributed by atoms with van der Waals surface area (Å²) in [5.41, 5.74) is 0. The van der Waals surface area contributed by atoms with Crippen molar-refractivity contribution in [2.75, 3.05) is 13.2 Å². The Hall–Kier alpha value is -2.57. The fourth-order valence-electron chi connectivity index (χ4n) is 2.04. The van der Waals surface area contributed by atoms with Crippen LogP contribution in [0.3, 0.4) is 0 Å². The molecule has 3 rings (SSSR count). The predicted molar refractivity (Wildman–Crippen MR) is 74.0 cm³/mol.